The summed E-state index contributed by atoms with van der Waals surface area (Å²) in [6.07, 6.45) is 1.41. The molecule has 0 radical (unpaired) electrons. The van der Waals surface area contributed by atoms with E-state index in [0.717, 1.165) is 12.2 Å². The Hall–Kier alpha value is -0.430. The van der Waals surface area contributed by atoms with E-state index in [9.17, 15) is 9.13 Å². The molecule has 0 unspecified atom stereocenters. The molecule has 0 heterocycles. The van der Waals surface area contributed by atoms with Crippen molar-refractivity contribution in [2.45, 2.75) is 46.1 Å². The van der Waals surface area contributed by atoms with Crippen molar-refractivity contribution in [1.82, 2.24) is 5.32 Å². The quantitative estimate of drug-likeness (QED) is 0.215. The van der Waals surface area contributed by atoms with Crippen molar-refractivity contribution in [3.05, 3.63) is 29.3 Å². The number of hydrogen-bond acceptors (Lipinski definition) is 8. The summed E-state index contributed by atoms with van der Waals surface area (Å²) in [6.45, 7) is 8.26. The van der Waals surface area contributed by atoms with Crippen LogP contribution in [0.1, 0.15) is 40.5 Å². The lowest BCUT2D eigenvalue weighted by atomic mass is 10.3. The molecule has 0 aliphatic rings. The molecule has 1 aromatic carbocycles. The highest BCUT2D eigenvalue weighted by atomic mass is 35.5. The molecule has 174 valence electrons. The number of halogens is 1. The van der Waals surface area contributed by atoms with E-state index >= 15 is 0 Å². The Kier molecular flexibility index (Phi) is 13.4. The maximum atomic E-state index is 13.4. The van der Waals surface area contributed by atoms with Crippen LogP contribution in [-0.2, 0) is 27.2 Å². The standard InChI is InChI=1S/C19H34ClNO7P2/c1-5-25-29(22,26-6-2)19(30(23,27-7-3)28-8-4)21-15-9-10-16-24-18-13-11-17(20)12-14-18/h11-14,19,21H,5-10,15-16H2,1-4H3. The molecule has 30 heavy (non-hydrogen) atoms. The molecule has 11 heteroatoms. The Morgan fingerprint density at radius 3 is 1.73 bits per heavy atom. The van der Waals surface area contributed by atoms with Crippen LogP contribution in [0.4, 0.5) is 0 Å². The van der Waals surface area contributed by atoms with Crippen molar-refractivity contribution in [2.75, 3.05) is 39.6 Å². The Morgan fingerprint density at radius 1 is 0.833 bits per heavy atom. The molecule has 0 fully saturated rings. The van der Waals surface area contributed by atoms with E-state index in [0.29, 0.717) is 24.6 Å². The third-order valence-electron chi connectivity index (χ3n) is 3.82. The monoisotopic (exact) mass is 485 g/mol. The average Bonchev–Trinajstić information content (AvgIpc) is 2.69. The number of unbranched alkanes of at least 4 members (excludes halogenated alkanes) is 1. The molecule has 0 saturated heterocycles. The van der Waals surface area contributed by atoms with Gasteiger partial charge in [-0.1, -0.05) is 11.6 Å². The SMILES string of the molecule is CCOP(=O)(OCC)C(NCCCCOc1ccc(Cl)cc1)P(=O)(OCC)OCC. The highest BCUT2D eigenvalue weighted by molar-refractivity contribution is 7.72. The molecule has 0 amide bonds. The van der Waals surface area contributed by atoms with E-state index in [2.05, 4.69) is 5.32 Å². The van der Waals surface area contributed by atoms with Crippen LogP contribution in [0.25, 0.3) is 0 Å². The minimum Gasteiger partial charge on any atom is -0.494 e. The van der Waals surface area contributed by atoms with E-state index in [1.165, 1.54) is 0 Å². The van der Waals surface area contributed by atoms with Crippen molar-refractivity contribution >= 4 is 26.8 Å². The van der Waals surface area contributed by atoms with E-state index in [1.54, 1.807) is 52.0 Å². The highest BCUT2D eigenvalue weighted by Gasteiger charge is 2.50. The molecule has 0 atom stereocenters. The zero-order valence-electron chi connectivity index (χ0n) is 18.2. The van der Waals surface area contributed by atoms with Gasteiger partial charge in [0.1, 0.15) is 5.75 Å². The minimum atomic E-state index is -3.79. The van der Waals surface area contributed by atoms with Gasteiger partial charge in [0.25, 0.3) is 0 Å². The molecule has 8 nitrogen and oxygen atoms in total. The summed E-state index contributed by atoms with van der Waals surface area (Å²) in [4.78, 5) is 0. The van der Waals surface area contributed by atoms with Crippen LogP contribution in [0.5, 0.6) is 5.75 Å². The molecule has 0 bridgehead atoms. The number of nitrogens with one attached hydrogen (secondary N) is 1. The predicted molar refractivity (Wildman–Crippen MR) is 120 cm³/mol. The molecule has 0 spiro atoms. The average molecular weight is 486 g/mol. The van der Waals surface area contributed by atoms with Gasteiger partial charge in [0, 0.05) is 5.02 Å². The van der Waals surface area contributed by atoms with Gasteiger partial charge >= 0.3 is 15.2 Å². The molecule has 0 aliphatic carbocycles. The fourth-order valence-electron chi connectivity index (χ4n) is 2.65. The summed E-state index contributed by atoms with van der Waals surface area (Å²) < 4.78 is 54.1. The first-order valence-corrected chi connectivity index (χ1v) is 13.8. The molecule has 1 rings (SSSR count). The topological polar surface area (TPSA) is 92.3 Å². The van der Waals surface area contributed by atoms with Crippen LogP contribution >= 0.6 is 26.8 Å². The fourth-order valence-corrected chi connectivity index (χ4v) is 7.82. The second-order valence-corrected chi connectivity index (χ2v) is 11.2. The summed E-state index contributed by atoms with van der Waals surface area (Å²) in [6, 6.07) is 7.14. The van der Waals surface area contributed by atoms with Gasteiger partial charge in [-0.05, 0) is 71.3 Å². The Morgan fingerprint density at radius 2 is 1.30 bits per heavy atom. The van der Waals surface area contributed by atoms with Gasteiger partial charge in [0.05, 0.1) is 33.0 Å². The third-order valence-corrected chi connectivity index (χ3v) is 9.80. The highest BCUT2D eigenvalue weighted by Crippen LogP contribution is 2.69. The van der Waals surface area contributed by atoms with Crippen molar-refractivity contribution in [1.29, 1.82) is 0 Å². The lowest BCUT2D eigenvalue weighted by Crippen LogP contribution is -2.33. The molecule has 1 aromatic rings. The second kappa shape index (κ2) is 14.6. The summed E-state index contributed by atoms with van der Waals surface area (Å²) in [5.74, 6) is 0.736. The molecule has 0 aromatic heterocycles. The van der Waals surface area contributed by atoms with Crippen molar-refractivity contribution < 1.29 is 32.0 Å². The second-order valence-electron chi connectivity index (χ2n) is 6.09. The van der Waals surface area contributed by atoms with Crippen LogP contribution in [0.3, 0.4) is 0 Å². The zero-order chi connectivity index (χ0) is 22.5. The van der Waals surface area contributed by atoms with Crippen molar-refractivity contribution in [3.63, 3.8) is 0 Å². The molecule has 0 saturated carbocycles. The van der Waals surface area contributed by atoms with E-state index in [-0.39, 0.29) is 26.4 Å². The maximum absolute atomic E-state index is 13.4. The Labute approximate surface area is 185 Å². The number of hydrogen-bond donors (Lipinski definition) is 1. The Balaban J connectivity index is 2.73. The first kappa shape index (κ1) is 27.6. The number of rotatable bonds is 17. The minimum absolute atomic E-state index is 0.142. The van der Waals surface area contributed by atoms with Crippen LogP contribution in [0, 0.1) is 0 Å². The smallest absolute Gasteiger partial charge is 0.359 e. The summed E-state index contributed by atoms with van der Waals surface area (Å²) in [5.41, 5.74) is -1.21. The van der Waals surface area contributed by atoms with Crippen molar-refractivity contribution in [2.24, 2.45) is 0 Å². The van der Waals surface area contributed by atoms with Gasteiger partial charge in [0.15, 0.2) is 0 Å². The van der Waals surface area contributed by atoms with Gasteiger partial charge in [-0.15, -0.1) is 0 Å². The number of benzene rings is 1. The first-order valence-electron chi connectivity index (χ1n) is 10.2. The first-order chi connectivity index (χ1) is 14.3. The van der Waals surface area contributed by atoms with Crippen LogP contribution in [0.15, 0.2) is 24.3 Å². The van der Waals surface area contributed by atoms with Crippen molar-refractivity contribution in [3.8, 4) is 5.75 Å². The lowest BCUT2D eigenvalue weighted by molar-refractivity contribution is 0.190. The summed E-state index contributed by atoms with van der Waals surface area (Å²) in [7, 11) is -7.57. The Bertz CT molecular complexity index is 640. The zero-order valence-corrected chi connectivity index (χ0v) is 20.7. The van der Waals surface area contributed by atoms with Gasteiger partial charge in [0.2, 0.25) is 5.52 Å². The van der Waals surface area contributed by atoms with Gasteiger partial charge in [-0.2, -0.15) is 0 Å². The fraction of sp³-hybridized carbons (Fsp3) is 0.684. The molecular weight excluding hydrogens is 452 g/mol. The maximum Gasteiger partial charge on any atom is 0.359 e. The van der Waals surface area contributed by atoms with Crippen LogP contribution < -0.4 is 10.1 Å². The molecule has 0 aliphatic heterocycles. The van der Waals surface area contributed by atoms with E-state index in [4.69, 9.17) is 34.4 Å². The predicted octanol–water partition coefficient (Wildman–Crippen LogP) is 5.90. The largest absolute Gasteiger partial charge is 0.494 e. The summed E-state index contributed by atoms with van der Waals surface area (Å²) >= 11 is 5.86. The van der Waals surface area contributed by atoms with E-state index in [1.807, 2.05) is 0 Å². The molecule has 1 N–H and O–H groups in total. The molecular formula is C19H34ClNO7P2. The number of ether oxygens (including phenoxy) is 1. The van der Waals surface area contributed by atoms with E-state index < -0.39 is 20.7 Å². The normalized spacial score (nSPS) is 12.5. The van der Waals surface area contributed by atoms with Crippen LogP contribution in [-0.4, -0.2) is 45.1 Å². The van der Waals surface area contributed by atoms with Gasteiger partial charge in [-0.25, -0.2) is 0 Å². The van der Waals surface area contributed by atoms with Crippen LogP contribution in [0.2, 0.25) is 5.02 Å². The third kappa shape index (κ3) is 8.97. The van der Waals surface area contributed by atoms with Gasteiger partial charge < -0.3 is 22.8 Å². The van der Waals surface area contributed by atoms with Gasteiger partial charge in [-0.3, -0.25) is 14.4 Å². The lowest BCUT2D eigenvalue weighted by Gasteiger charge is -2.31. The summed E-state index contributed by atoms with van der Waals surface area (Å²) in [5, 5.41) is 3.70.